The molecule has 0 saturated heterocycles. The van der Waals surface area contributed by atoms with Crippen LogP contribution in [0.15, 0.2) is 12.5 Å². The second-order valence-electron chi connectivity index (χ2n) is 3.79. The smallest absolute Gasteiger partial charge is 0.325 e. The molecule has 2 aromatic heterocycles. The lowest BCUT2D eigenvalue weighted by Crippen LogP contribution is -2.27. The minimum absolute atomic E-state index is 0.0725. The summed E-state index contributed by atoms with van der Waals surface area (Å²) in [5.74, 6) is -0.902. The van der Waals surface area contributed by atoms with E-state index in [9.17, 15) is 9.59 Å². The first kappa shape index (κ1) is 12.7. The number of hydrogen-bond donors (Lipinski definition) is 2. The number of rotatable bonds is 5. The molecule has 0 unspecified atom stereocenters. The van der Waals surface area contributed by atoms with Gasteiger partial charge >= 0.3 is 5.97 Å². The monoisotopic (exact) mass is 265 g/mol. The zero-order valence-corrected chi connectivity index (χ0v) is 10.0. The van der Waals surface area contributed by atoms with Gasteiger partial charge in [-0.3, -0.25) is 14.7 Å². The molecule has 100 valence electrons. The van der Waals surface area contributed by atoms with E-state index in [1.807, 2.05) is 0 Å². The van der Waals surface area contributed by atoms with E-state index in [4.69, 9.17) is 5.11 Å². The molecule has 0 saturated carbocycles. The van der Waals surface area contributed by atoms with Crippen LogP contribution in [0, 0.1) is 0 Å². The predicted molar refractivity (Wildman–Crippen MR) is 59.8 cm³/mol. The number of hydrogen-bond acceptors (Lipinski definition) is 6. The molecule has 0 atom stereocenters. The maximum atomic E-state index is 12.0. The summed E-state index contributed by atoms with van der Waals surface area (Å²) < 4.78 is 1.08. The highest BCUT2D eigenvalue weighted by molar-refractivity contribution is 5.91. The molecule has 1 amide bonds. The number of aromatic amines is 1. The molecule has 2 aromatic rings. The van der Waals surface area contributed by atoms with Gasteiger partial charge in [-0.15, -0.1) is 5.10 Å². The molecule has 2 N–H and O–H groups in total. The van der Waals surface area contributed by atoms with Crippen molar-refractivity contribution >= 4 is 11.9 Å². The molecular weight excluding hydrogens is 254 g/mol. The van der Waals surface area contributed by atoms with Crippen LogP contribution in [-0.2, 0) is 17.9 Å². The number of aliphatic carboxylic acids is 1. The summed E-state index contributed by atoms with van der Waals surface area (Å²) >= 11 is 0. The zero-order chi connectivity index (χ0) is 13.8. The van der Waals surface area contributed by atoms with Gasteiger partial charge in [-0.05, 0) is 0 Å². The van der Waals surface area contributed by atoms with Crippen LogP contribution in [0.2, 0.25) is 0 Å². The lowest BCUT2D eigenvalue weighted by molar-refractivity contribution is -0.137. The van der Waals surface area contributed by atoms with E-state index in [1.54, 1.807) is 7.05 Å². The van der Waals surface area contributed by atoms with Crippen molar-refractivity contribution in [3.05, 3.63) is 24.0 Å². The molecule has 0 aliphatic heterocycles. The number of carboxylic acids is 1. The van der Waals surface area contributed by atoms with Crippen LogP contribution in [0.4, 0.5) is 0 Å². The molecular formula is C9H11N7O3. The minimum Gasteiger partial charge on any atom is -0.480 e. The Kier molecular flexibility index (Phi) is 3.50. The van der Waals surface area contributed by atoms with Gasteiger partial charge in [0.25, 0.3) is 5.91 Å². The van der Waals surface area contributed by atoms with Crippen LogP contribution in [0.25, 0.3) is 0 Å². The largest absolute Gasteiger partial charge is 0.480 e. The second-order valence-corrected chi connectivity index (χ2v) is 3.79. The van der Waals surface area contributed by atoms with Crippen molar-refractivity contribution in [2.45, 2.75) is 13.1 Å². The fourth-order valence-corrected chi connectivity index (χ4v) is 1.41. The number of carbonyl (C=O) groups is 2. The van der Waals surface area contributed by atoms with Crippen LogP contribution in [0.1, 0.15) is 16.3 Å². The normalized spacial score (nSPS) is 10.4. The maximum Gasteiger partial charge on any atom is 0.325 e. The SMILES string of the molecule is CN(Cc1ncn[nH]1)C(=O)c1cn(CC(=O)O)nn1. The summed E-state index contributed by atoms with van der Waals surface area (Å²) in [6.45, 7) is -0.100. The number of carbonyl (C=O) groups excluding carboxylic acids is 1. The lowest BCUT2D eigenvalue weighted by atomic mass is 10.4. The summed E-state index contributed by atoms with van der Waals surface area (Å²) in [7, 11) is 1.57. The van der Waals surface area contributed by atoms with Gasteiger partial charge in [0.1, 0.15) is 18.7 Å². The summed E-state index contributed by atoms with van der Waals surface area (Å²) in [5.41, 5.74) is 0.0725. The molecule has 0 aromatic carbocycles. The molecule has 10 nitrogen and oxygen atoms in total. The Labute approximate surface area is 107 Å². The van der Waals surface area contributed by atoms with E-state index in [0.717, 1.165) is 4.68 Å². The van der Waals surface area contributed by atoms with E-state index < -0.39 is 5.97 Å². The van der Waals surface area contributed by atoms with Gasteiger partial charge in [0.15, 0.2) is 5.69 Å². The van der Waals surface area contributed by atoms with Crippen molar-refractivity contribution in [1.29, 1.82) is 0 Å². The van der Waals surface area contributed by atoms with Crippen molar-refractivity contribution in [1.82, 2.24) is 35.1 Å². The fraction of sp³-hybridized carbons (Fsp3) is 0.333. The number of aromatic nitrogens is 6. The van der Waals surface area contributed by atoms with Crippen LogP contribution in [0.3, 0.4) is 0 Å². The van der Waals surface area contributed by atoms with Gasteiger partial charge in [-0.25, -0.2) is 9.67 Å². The third-order valence-electron chi connectivity index (χ3n) is 2.25. The quantitative estimate of drug-likeness (QED) is 0.690. The summed E-state index contributed by atoms with van der Waals surface area (Å²) in [4.78, 5) is 27.7. The number of H-pyrrole nitrogens is 1. The molecule has 0 spiro atoms. The van der Waals surface area contributed by atoms with Crippen molar-refractivity contribution in [3.8, 4) is 0 Å². The highest BCUT2D eigenvalue weighted by atomic mass is 16.4. The Bertz CT molecular complexity index is 576. The molecule has 2 heterocycles. The first-order valence-electron chi connectivity index (χ1n) is 5.28. The third kappa shape index (κ3) is 3.12. The summed E-state index contributed by atoms with van der Waals surface area (Å²) in [6.07, 6.45) is 2.63. The van der Waals surface area contributed by atoms with Gasteiger partial charge in [-0.1, -0.05) is 5.21 Å². The number of nitrogens with one attached hydrogen (secondary N) is 1. The van der Waals surface area contributed by atoms with Crippen molar-refractivity contribution in [3.63, 3.8) is 0 Å². The Morgan fingerprint density at radius 2 is 2.32 bits per heavy atom. The average Bonchev–Trinajstić information content (AvgIpc) is 2.98. The van der Waals surface area contributed by atoms with Crippen molar-refractivity contribution in [2.24, 2.45) is 0 Å². The predicted octanol–water partition coefficient (Wildman–Crippen LogP) is -1.25. The van der Waals surface area contributed by atoms with Crippen LogP contribution in [-0.4, -0.2) is 59.1 Å². The third-order valence-corrected chi connectivity index (χ3v) is 2.25. The lowest BCUT2D eigenvalue weighted by Gasteiger charge is -2.13. The van der Waals surface area contributed by atoms with Crippen molar-refractivity contribution in [2.75, 3.05) is 7.05 Å². The van der Waals surface area contributed by atoms with Gasteiger partial charge in [0.2, 0.25) is 0 Å². The van der Waals surface area contributed by atoms with E-state index >= 15 is 0 Å². The summed E-state index contributed by atoms with van der Waals surface area (Å²) in [5, 5.41) is 22.1. The fourth-order valence-electron chi connectivity index (χ4n) is 1.41. The van der Waals surface area contributed by atoms with Crippen molar-refractivity contribution < 1.29 is 14.7 Å². The average molecular weight is 265 g/mol. The van der Waals surface area contributed by atoms with E-state index in [0.29, 0.717) is 5.82 Å². The van der Waals surface area contributed by atoms with Crippen LogP contribution < -0.4 is 0 Å². The number of nitrogens with zero attached hydrogens (tertiary/aromatic N) is 6. The topological polar surface area (TPSA) is 130 Å². The molecule has 0 bridgehead atoms. The van der Waals surface area contributed by atoms with Gasteiger partial charge < -0.3 is 10.0 Å². The first-order chi connectivity index (χ1) is 9.06. The second kappa shape index (κ2) is 5.25. The van der Waals surface area contributed by atoms with E-state index in [-0.39, 0.29) is 24.7 Å². The molecule has 2 rings (SSSR count). The molecule has 0 aliphatic carbocycles. The van der Waals surface area contributed by atoms with E-state index in [1.165, 1.54) is 17.4 Å². The Balaban J connectivity index is 2.02. The van der Waals surface area contributed by atoms with E-state index in [2.05, 4.69) is 25.5 Å². The van der Waals surface area contributed by atoms with Crippen LogP contribution in [0.5, 0.6) is 0 Å². The van der Waals surface area contributed by atoms with Gasteiger partial charge in [-0.2, -0.15) is 5.10 Å². The van der Waals surface area contributed by atoms with Gasteiger partial charge in [0.05, 0.1) is 12.7 Å². The maximum absolute atomic E-state index is 12.0. The van der Waals surface area contributed by atoms with Gasteiger partial charge in [0, 0.05) is 7.05 Å². The minimum atomic E-state index is -1.06. The summed E-state index contributed by atoms with van der Waals surface area (Å²) in [6, 6.07) is 0. The van der Waals surface area contributed by atoms with Crippen LogP contribution >= 0.6 is 0 Å². The molecule has 0 aliphatic rings. The Hall–Kier alpha value is -2.78. The molecule has 10 heteroatoms. The molecule has 19 heavy (non-hydrogen) atoms. The molecule has 0 fully saturated rings. The number of carboxylic acid groups (broad SMARTS) is 1. The molecule has 0 radical (unpaired) electrons. The highest BCUT2D eigenvalue weighted by Crippen LogP contribution is 2.02. The first-order valence-corrected chi connectivity index (χ1v) is 5.28. The standard InChI is InChI=1S/C9H11N7O3/c1-15(3-7-10-5-11-13-7)9(19)6-2-16(14-12-6)4-8(17)18/h2,5H,3-4H2,1H3,(H,17,18)(H,10,11,13). The number of amides is 1. The zero-order valence-electron chi connectivity index (χ0n) is 10.0. The Morgan fingerprint density at radius 3 is 2.95 bits per heavy atom. The Morgan fingerprint density at radius 1 is 1.53 bits per heavy atom. The highest BCUT2D eigenvalue weighted by Gasteiger charge is 2.17.